The lowest BCUT2D eigenvalue weighted by Crippen LogP contribution is -2.41. The van der Waals surface area contributed by atoms with Gasteiger partial charge in [-0.1, -0.05) is 6.92 Å². The molecule has 1 unspecified atom stereocenters. The van der Waals surface area contributed by atoms with E-state index in [-0.39, 0.29) is 12.4 Å². The third kappa shape index (κ3) is 4.37. The average Bonchev–Trinajstić information content (AvgIpc) is 2.68. The number of nitrogens with one attached hydrogen (secondary N) is 1. The fourth-order valence-electron chi connectivity index (χ4n) is 2.09. The van der Waals surface area contributed by atoms with Gasteiger partial charge in [-0.15, -0.1) is 12.4 Å². The third-order valence-electron chi connectivity index (χ3n) is 3.00. The van der Waals surface area contributed by atoms with Gasteiger partial charge in [-0.25, -0.2) is 0 Å². The Morgan fingerprint density at radius 2 is 2.12 bits per heavy atom. The van der Waals surface area contributed by atoms with Crippen molar-refractivity contribution in [3.05, 3.63) is 0 Å². The lowest BCUT2D eigenvalue weighted by molar-refractivity contribution is 0.385. The lowest BCUT2D eigenvalue weighted by Gasteiger charge is -2.23. The predicted octanol–water partition coefficient (Wildman–Crippen LogP) is 0.536. The molecule has 1 heterocycles. The van der Waals surface area contributed by atoms with Crippen molar-refractivity contribution in [3.63, 3.8) is 0 Å². The zero-order valence-corrected chi connectivity index (χ0v) is 12.5. The fraction of sp³-hybridized carbons (Fsp3) is 1.00. The maximum Gasteiger partial charge on any atom is 0.281 e. The molecule has 0 bridgehead atoms. The minimum Gasteiger partial charge on any atom is -0.319 e. The van der Waals surface area contributed by atoms with Crippen LogP contribution in [0.15, 0.2) is 0 Å². The fourth-order valence-corrected chi connectivity index (χ4v) is 3.63. The Morgan fingerprint density at radius 3 is 2.65 bits per heavy atom. The van der Waals surface area contributed by atoms with E-state index in [0.29, 0.717) is 25.6 Å². The summed E-state index contributed by atoms with van der Waals surface area (Å²) in [5.41, 5.74) is 0. The normalized spacial score (nSPS) is 21.8. The van der Waals surface area contributed by atoms with Gasteiger partial charge in [-0.3, -0.25) is 0 Å². The first kappa shape index (κ1) is 17.1. The largest absolute Gasteiger partial charge is 0.319 e. The Labute approximate surface area is 111 Å². The summed E-state index contributed by atoms with van der Waals surface area (Å²) in [5.74, 6) is 0.454. The van der Waals surface area contributed by atoms with E-state index >= 15 is 0 Å². The average molecular weight is 286 g/mol. The van der Waals surface area contributed by atoms with E-state index in [4.69, 9.17) is 0 Å². The van der Waals surface area contributed by atoms with Crippen molar-refractivity contribution < 1.29 is 8.42 Å². The van der Waals surface area contributed by atoms with Gasteiger partial charge in [-0.05, 0) is 32.4 Å². The maximum atomic E-state index is 12.1. The Balaban J connectivity index is 0.00000256. The molecule has 1 rings (SSSR count). The molecule has 0 amide bonds. The standard InChI is InChI=1S/C10H23N3O2S.ClH/c1-4-6-12(3)16(14,15)13-7-5-10(9-13)8-11-2;/h10-11H,4-9H2,1-3H3;1H. The third-order valence-corrected chi connectivity index (χ3v) is 4.95. The minimum atomic E-state index is -3.21. The van der Waals surface area contributed by atoms with Crippen molar-refractivity contribution in [1.82, 2.24) is 13.9 Å². The molecule has 1 N–H and O–H groups in total. The van der Waals surface area contributed by atoms with Crippen LogP contribution in [0, 0.1) is 5.92 Å². The number of nitrogens with zero attached hydrogens (tertiary/aromatic N) is 2. The van der Waals surface area contributed by atoms with Crippen LogP contribution in [0.5, 0.6) is 0 Å². The first-order chi connectivity index (χ1) is 7.52. The SMILES string of the molecule is CCCN(C)S(=O)(=O)N1CCC(CNC)C1.Cl. The summed E-state index contributed by atoms with van der Waals surface area (Å²) in [4.78, 5) is 0. The molecule has 1 fully saturated rings. The molecule has 0 aromatic heterocycles. The summed E-state index contributed by atoms with van der Waals surface area (Å²) in [6, 6.07) is 0. The molecule has 0 aromatic carbocycles. The Bertz CT molecular complexity index is 311. The predicted molar refractivity (Wildman–Crippen MR) is 72.7 cm³/mol. The summed E-state index contributed by atoms with van der Waals surface area (Å²) in [5, 5.41) is 3.10. The lowest BCUT2D eigenvalue weighted by atomic mass is 10.1. The van der Waals surface area contributed by atoms with Gasteiger partial charge >= 0.3 is 0 Å². The highest BCUT2D eigenvalue weighted by Crippen LogP contribution is 2.20. The second-order valence-electron chi connectivity index (χ2n) is 4.40. The van der Waals surface area contributed by atoms with E-state index in [9.17, 15) is 8.42 Å². The summed E-state index contributed by atoms with van der Waals surface area (Å²) in [6.07, 6.45) is 1.81. The van der Waals surface area contributed by atoms with Gasteiger partial charge in [0.2, 0.25) is 0 Å². The monoisotopic (exact) mass is 285 g/mol. The second-order valence-corrected chi connectivity index (χ2v) is 6.44. The Hall–Kier alpha value is 0.120. The molecular formula is C10H24ClN3O2S. The number of hydrogen-bond acceptors (Lipinski definition) is 3. The zero-order valence-electron chi connectivity index (χ0n) is 10.8. The molecule has 1 aliphatic heterocycles. The van der Waals surface area contributed by atoms with E-state index in [1.165, 1.54) is 4.31 Å². The number of rotatable bonds is 6. The first-order valence-electron chi connectivity index (χ1n) is 5.88. The summed E-state index contributed by atoms with van der Waals surface area (Å²) < 4.78 is 27.3. The van der Waals surface area contributed by atoms with Crippen LogP contribution in [0.2, 0.25) is 0 Å². The molecule has 0 radical (unpaired) electrons. The van der Waals surface area contributed by atoms with Crippen molar-refractivity contribution in [2.45, 2.75) is 19.8 Å². The quantitative estimate of drug-likeness (QED) is 0.775. The van der Waals surface area contributed by atoms with Crippen LogP contribution in [0.25, 0.3) is 0 Å². The molecule has 0 saturated carbocycles. The Morgan fingerprint density at radius 1 is 1.47 bits per heavy atom. The van der Waals surface area contributed by atoms with Crippen LogP contribution in [0.1, 0.15) is 19.8 Å². The van der Waals surface area contributed by atoms with Crippen LogP contribution >= 0.6 is 12.4 Å². The summed E-state index contributed by atoms with van der Waals surface area (Å²) >= 11 is 0. The maximum absolute atomic E-state index is 12.1. The number of halogens is 1. The van der Waals surface area contributed by atoms with E-state index in [0.717, 1.165) is 19.4 Å². The van der Waals surface area contributed by atoms with E-state index in [2.05, 4.69) is 5.32 Å². The van der Waals surface area contributed by atoms with Gasteiger partial charge in [-0.2, -0.15) is 17.0 Å². The molecule has 0 spiro atoms. The highest BCUT2D eigenvalue weighted by Gasteiger charge is 2.33. The van der Waals surface area contributed by atoms with Crippen LogP contribution in [0.4, 0.5) is 0 Å². The molecule has 0 aromatic rings. The second kappa shape index (κ2) is 7.53. The van der Waals surface area contributed by atoms with Gasteiger partial charge in [0.05, 0.1) is 0 Å². The highest BCUT2D eigenvalue weighted by atomic mass is 35.5. The van der Waals surface area contributed by atoms with E-state index in [1.54, 1.807) is 11.4 Å². The summed E-state index contributed by atoms with van der Waals surface area (Å²) in [7, 11) is 0.347. The molecular weight excluding hydrogens is 262 g/mol. The van der Waals surface area contributed by atoms with Gasteiger partial charge < -0.3 is 5.32 Å². The van der Waals surface area contributed by atoms with Gasteiger partial charge in [0.15, 0.2) is 0 Å². The molecule has 1 saturated heterocycles. The van der Waals surface area contributed by atoms with Gasteiger partial charge in [0, 0.05) is 26.7 Å². The minimum absolute atomic E-state index is 0. The molecule has 0 aliphatic carbocycles. The van der Waals surface area contributed by atoms with Crippen LogP contribution < -0.4 is 5.32 Å². The molecule has 104 valence electrons. The number of hydrogen-bond donors (Lipinski definition) is 1. The van der Waals surface area contributed by atoms with Gasteiger partial charge in [0.1, 0.15) is 0 Å². The molecule has 1 atom stereocenters. The topological polar surface area (TPSA) is 52.7 Å². The zero-order chi connectivity index (χ0) is 12.2. The van der Waals surface area contributed by atoms with Crippen LogP contribution in [0.3, 0.4) is 0 Å². The summed E-state index contributed by atoms with van der Waals surface area (Å²) in [6.45, 7) is 4.78. The van der Waals surface area contributed by atoms with Crippen molar-refractivity contribution in [2.24, 2.45) is 5.92 Å². The van der Waals surface area contributed by atoms with Crippen molar-refractivity contribution in [2.75, 3.05) is 40.3 Å². The van der Waals surface area contributed by atoms with Gasteiger partial charge in [0.25, 0.3) is 10.2 Å². The highest BCUT2D eigenvalue weighted by molar-refractivity contribution is 7.86. The molecule has 1 aliphatic rings. The Kier molecular flexibility index (Phi) is 7.58. The smallest absolute Gasteiger partial charge is 0.281 e. The van der Waals surface area contributed by atoms with E-state index in [1.807, 2.05) is 14.0 Å². The molecule has 7 heteroatoms. The molecule has 5 nitrogen and oxygen atoms in total. The van der Waals surface area contributed by atoms with Crippen molar-refractivity contribution in [3.8, 4) is 0 Å². The molecule has 17 heavy (non-hydrogen) atoms. The van der Waals surface area contributed by atoms with E-state index < -0.39 is 10.2 Å². The van der Waals surface area contributed by atoms with Crippen LogP contribution in [-0.4, -0.2) is 57.3 Å². The van der Waals surface area contributed by atoms with Crippen molar-refractivity contribution in [1.29, 1.82) is 0 Å². The van der Waals surface area contributed by atoms with Crippen molar-refractivity contribution >= 4 is 22.6 Å². The van der Waals surface area contributed by atoms with Crippen LogP contribution in [-0.2, 0) is 10.2 Å². The first-order valence-corrected chi connectivity index (χ1v) is 7.28.